The van der Waals surface area contributed by atoms with E-state index in [0.717, 1.165) is 41.3 Å². The molecule has 34 heavy (non-hydrogen) atoms. The number of hydrogen-bond donors (Lipinski definition) is 2. The molecule has 2 aliphatic heterocycles. The lowest BCUT2D eigenvalue weighted by molar-refractivity contribution is -0.138. The van der Waals surface area contributed by atoms with Gasteiger partial charge in [-0.15, -0.1) is 5.10 Å². The quantitative estimate of drug-likeness (QED) is 0.543. The number of nitrogens with one attached hydrogen (secondary N) is 1. The standard InChI is InChI=1S/C25H29F3N6/c1-14-19(5-4-6-22(14)25(26,27)28)23(29)30-24-21-11-16(9-10-20(21)15(2)31-32-24)34-17-7-8-18(34)13-33(3)12-17/h4-6,9-11,17-18,23H,7-8,12-13,29H2,1-3H3,(H,30,32)/t17?,18?,23-/m0/s1. The highest BCUT2D eigenvalue weighted by Gasteiger charge is 2.39. The number of nitrogens with two attached hydrogens (primary N) is 1. The Morgan fingerprint density at radius 3 is 2.41 bits per heavy atom. The first-order chi connectivity index (χ1) is 16.1. The number of likely N-dealkylation sites (tertiary alicyclic amines) is 1. The van der Waals surface area contributed by atoms with Crippen LogP contribution in [0.3, 0.4) is 0 Å². The molecule has 0 spiro atoms. The minimum absolute atomic E-state index is 0.106. The van der Waals surface area contributed by atoms with Gasteiger partial charge in [-0.3, -0.25) is 0 Å². The minimum atomic E-state index is -4.44. The van der Waals surface area contributed by atoms with Crippen molar-refractivity contribution in [3.63, 3.8) is 0 Å². The number of fused-ring (bicyclic) bond motifs is 3. The van der Waals surface area contributed by atoms with Crippen LogP contribution < -0.4 is 16.0 Å². The van der Waals surface area contributed by atoms with Crippen molar-refractivity contribution < 1.29 is 13.2 Å². The Kier molecular flexibility index (Phi) is 5.64. The van der Waals surface area contributed by atoms with E-state index in [-0.39, 0.29) is 5.56 Å². The number of likely N-dealkylation sites (N-methyl/N-ethyl adjacent to an activating group) is 1. The maximum Gasteiger partial charge on any atom is 0.416 e. The van der Waals surface area contributed by atoms with Gasteiger partial charge in [0, 0.05) is 41.6 Å². The van der Waals surface area contributed by atoms with Crippen LogP contribution in [0.25, 0.3) is 10.8 Å². The highest BCUT2D eigenvalue weighted by Crippen LogP contribution is 2.38. The van der Waals surface area contributed by atoms with Crippen molar-refractivity contribution in [3.05, 3.63) is 58.8 Å². The van der Waals surface area contributed by atoms with Crippen LogP contribution in [0, 0.1) is 13.8 Å². The fraction of sp³-hybridized carbons (Fsp3) is 0.440. The van der Waals surface area contributed by atoms with E-state index in [4.69, 9.17) is 5.73 Å². The number of anilines is 2. The average molecular weight is 471 g/mol. The lowest BCUT2D eigenvalue weighted by atomic mass is 10.00. The second-order valence-electron chi connectivity index (χ2n) is 9.52. The van der Waals surface area contributed by atoms with Gasteiger partial charge in [0.1, 0.15) is 6.17 Å². The molecule has 2 saturated heterocycles. The summed E-state index contributed by atoms with van der Waals surface area (Å²) in [6, 6.07) is 11.3. The Morgan fingerprint density at radius 2 is 1.74 bits per heavy atom. The summed E-state index contributed by atoms with van der Waals surface area (Å²) in [6.45, 7) is 5.41. The topological polar surface area (TPSA) is 70.3 Å². The average Bonchev–Trinajstić information content (AvgIpc) is 3.05. The maximum atomic E-state index is 13.4. The molecule has 9 heteroatoms. The monoisotopic (exact) mass is 470 g/mol. The van der Waals surface area contributed by atoms with Crippen molar-refractivity contribution in [1.82, 2.24) is 15.1 Å². The van der Waals surface area contributed by atoms with Gasteiger partial charge in [-0.2, -0.15) is 18.3 Å². The fourth-order valence-electron chi connectivity index (χ4n) is 5.60. The molecule has 2 fully saturated rings. The van der Waals surface area contributed by atoms with E-state index < -0.39 is 17.9 Å². The summed E-state index contributed by atoms with van der Waals surface area (Å²) in [7, 11) is 2.17. The van der Waals surface area contributed by atoms with Crippen LogP contribution in [-0.4, -0.2) is 47.3 Å². The first-order valence-electron chi connectivity index (χ1n) is 11.6. The van der Waals surface area contributed by atoms with E-state index in [0.29, 0.717) is 23.5 Å². The van der Waals surface area contributed by atoms with E-state index in [9.17, 15) is 13.2 Å². The number of rotatable bonds is 4. The van der Waals surface area contributed by atoms with Crippen LogP contribution in [0.2, 0.25) is 0 Å². The highest BCUT2D eigenvalue weighted by molar-refractivity contribution is 5.95. The molecule has 2 aromatic carbocycles. The zero-order valence-electron chi connectivity index (χ0n) is 19.5. The number of alkyl halides is 3. The second kappa shape index (κ2) is 8.39. The van der Waals surface area contributed by atoms with Crippen LogP contribution in [0.4, 0.5) is 24.7 Å². The molecule has 0 amide bonds. The van der Waals surface area contributed by atoms with Gasteiger partial charge in [0.25, 0.3) is 0 Å². The zero-order chi connectivity index (χ0) is 24.2. The summed E-state index contributed by atoms with van der Waals surface area (Å²) in [6.07, 6.45) is -2.96. The number of hydrogen-bond acceptors (Lipinski definition) is 6. The lowest BCUT2D eigenvalue weighted by Gasteiger charge is -2.41. The molecular weight excluding hydrogens is 441 g/mol. The van der Waals surface area contributed by atoms with Gasteiger partial charge in [0.15, 0.2) is 5.82 Å². The van der Waals surface area contributed by atoms with E-state index in [1.165, 1.54) is 25.8 Å². The van der Waals surface area contributed by atoms with E-state index in [1.54, 1.807) is 6.07 Å². The molecule has 6 nitrogen and oxygen atoms in total. The molecule has 180 valence electrons. The minimum Gasteiger partial charge on any atom is -0.363 e. The lowest BCUT2D eigenvalue weighted by Crippen LogP contribution is -2.52. The third kappa shape index (κ3) is 3.96. The van der Waals surface area contributed by atoms with Crippen LogP contribution in [0.15, 0.2) is 36.4 Å². The Bertz CT molecular complexity index is 1210. The first kappa shape index (κ1) is 22.9. The van der Waals surface area contributed by atoms with Gasteiger partial charge in [-0.1, -0.05) is 18.2 Å². The van der Waals surface area contributed by atoms with Gasteiger partial charge in [0.05, 0.1) is 11.3 Å². The van der Waals surface area contributed by atoms with Crippen molar-refractivity contribution >= 4 is 22.3 Å². The van der Waals surface area contributed by atoms with Gasteiger partial charge in [-0.05, 0) is 63.1 Å². The molecule has 3 heterocycles. The Hall–Kier alpha value is -2.91. The number of aryl methyl sites for hydroxylation is 1. The zero-order valence-corrected chi connectivity index (χ0v) is 19.5. The van der Waals surface area contributed by atoms with Crippen LogP contribution >= 0.6 is 0 Å². The highest BCUT2D eigenvalue weighted by atomic mass is 19.4. The van der Waals surface area contributed by atoms with Crippen molar-refractivity contribution in [2.75, 3.05) is 30.4 Å². The molecule has 0 radical (unpaired) electrons. The van der Waals surface area contributed by atoms with Crippen LogP contribution in [0.1, 0.15) is 41.4 Å². The molecule has 3 atom stereocenters. The third-order valence-electron chi connectivity index (χ3n) is 7.22. The third-order valence-corrected chi connectivity index (χ3v) is 7.22. The molecule has 5 rings (SSSR count). The Morgan fingerprint density at radius 1 is 1.03 bits per heavy atom. The van der Waals surface area contributed by atoms with E-state index in [1.807, 2.05) is 6.92 Å². The smallest absolute Gasteiger partial charge is 0.363 e. The summed E-state index contributed by atoms with van der Waals surface area (Å²) >= 11 is 0. The van der Waals surface area contributed by atoms with E-state index in [2.05, 4.69) is 50.6 Å². The Balaban J connectivity index is 1.51. The number of halogens is 3. The number of piperazine rings is 1. The van der Waals surface area contributed by atoms with Crippen molar-refractivity contribution in [1.29, 1.82) is 0 Å². The van der Waals surface area contributed by atoms with Crippen molar-refractivity contribution in [3.8, 4) is 0 Å². The van der Waals surface area contributed by atoms with Gasteiger partial charge in [0.2, 0.25) is 0 Å². The molecule has 2 unspecified atom stereocenters. The maximum absolute atomic E-state index is 13.4. The molecule has 3 N–H and O–H groups in total. The predicted octanol–water partition coefficient (Wildman–Crippen LogP) is 4.62. The molecule has 0 aliphatic carbocycles. The van der Waals surface area contributed by atoms with Crippen molar-refractivity contribution in [2.45, 2.75) is 51.1 Å². The van der Waals surface area contributed by atoms with E-state index >= 15 is 0 Å². The fourth-order valence-corrected chi connectivity index (χ4v) is 5.60. The number of aromatic nitrogens is 2. The second-order valence-corrected chi connectivity index (χ2v) is 9.52. The molecule has 2 bridgehead atoms. The molecule has 2 aliphatic rings. The van der Waals surface area contributed by atoms with Crippen molar-refractivity contribution in [2.24, 2.45) is 5.73 Å². The summed E-state index contributed by atoms with van der Waals surface area (Å²) in [4.78, 5) is 4.90. The normalized spacial score (nSPS) is 21.8. The van der Waals surface area contributed by atoms with Crippen LogP contribution in [0.5, 0.6) is 0 Å². The largest absolute Gasteiger partial charge is 0.416 e. The Labute approximate surface area is 196 Å². The van der Waals surface area contributed by atoms with Gasteiger partial charge >= 0.3 is 6.18 Å². The molecule has 0 saturated carbocycles. The SMILES string of the molecule is Cc1c([C@@H](N)Nc2nnc(C)c3ccc(N4C5CCC4CN(C)C5)cc23)cccc1C(F)(F)F. The molecular formula is C25H29F3N6. The summed E-state index contributed by atoms with van der Waals surface area (Å²) in [5.41, 5.74) is 8.07. The molecule has 3 aromatic rings. The summed E-state index contributed by atoms with van der Waals surface area (Å²) in [5, 5.41) is 13.5. The first-order valence-corrected chi connectivity index (χ1v) is 11.6. The van der Waals surface area contributed by atoms with Crippen LogP contribution in [-0.2, 0) is 6.18 Å². The molecule has 1 aromatic heterocycles. The summed E-state index contributed by atoms with van der Waals surface area (Å²) in [5.74, 6) is 0.466. The predicted molar refractivity (Wildman–Crippen MR) is 128 cm³/mol. The number of nitrogens with zero attached hydrogens (tertiary/aromatic N) is 4. The number of benzene rings is 2. The van der Waals surface area contributed by atoms with Gasteiger partial charge < -0.3 is 20.9 Å². The summed E-state index contributed by atoms with van der Waals surface area (Å²) < 4.78 is 40.2. The van der Waals surface area contributed by atoms with Gasteiger partial charge in [-0.25, -0.2) is 0 Å².